The molecule has 0 saturated heterocycles. The van der Waals surface area contributed by atoms with Crippen LogP contribution < -0.4 is 14.8 Å². The maximum absolute atomic E-state index is 12.6. The molecule has 4 nitrogen and oxygen atoms in total. The minimum Gasteiger partial charge on any atom is -0.497 e. The molecule has 0 heterocycles. The quantitative estimate of drug-likeness (QED) is 0.723. The first kappa shape index (κ1) is 17.8. The highest BCUT2D eigenvalue weighted by Crippen LogP contribution is 2.29. The van der Waals surface area contributed by atoms with Gasteiger partial charge in [0.2, 0.25) is 5.91 Å². The van der Waals surface area contributed by atoms with Crippen LogP contribution in [0.25, 0.3) is 10.8 Å². The van der Waals surface area contributed by atoms with Crippen LogP contribution in [0.5, 0.6) is 11.5 Å². The van der Waals surface area contributed by atoms with Gasteiger partial charge in [0, 0.05) is 5.56 Å². The second-order valence-corrected chi connectivity index (χ2v) is 6.21. The van der Waals surface area contributed by atoms with Crippen LogP contribution in [0.2, 0.25) is 0 Å². The molecular weight excluding hydrogens is 326 g/mol. The standard InChI is InChI=1S/C22H23NO3/c1-15(20-14-18(25-2)11-12-21(20)26-3)23-22(24)13-17-9-6-8-16-7-4-5-10-19(16)17/h4-12,14-15H,13H2,1-3H3,(H,23,24)/t15-/m0/s1. The van der Waals surface area contributed by atoms with Crippen molar-refractivity contribution in [1.82, 2.24) is 5.32 Å². The third-order valence-electron chi connectivity index (χ3n) is 4.51. The lowest BCUT2D eigenvalue weighted by atomic mass is 10.0. The molecule has 0 bridgehead atoms. The Morgan fingerprint density at radius 1 is 1.00 bits per heavy atom. The zero-order chi connectivity index (χ0) is 18.5. The van der Waals surface area contributed by atoms with Crippen LogP contribution >= 0.6 is 0 Å². The summed E-state index contributed by atoms with van der Waals surface area (Å²) in [7, 11) is 3.24. The van der Waals surface area contributed by atoms with Gasteiger partial charge in [-0.2, -0.15) is 0 Å². The number of carbonyl (C=O) groups is 1. The van der Waals surface area contributed by atoms with E-state index >= 15 is 0 Å². The molecule has 134 valence electrons. The summed E-state index contributed by atoms with van der Waals surface area (Å²) in [6.07, 6.45) is 0.331. The summed E-state index contributed by atoms with van der Waals surface area (Å²) in [5, 5.41) is 5.31. The van der Waals surface area contributed by atoms with E-state index in [1.807, 2.05) is 55.5 Å². The van der Waals surface area contributed by atoms with Gasteiger partial charge in [-0.05, 0) is 41.5 Å². The lowest BCUT2D eigenvalue weighted by Gasteiger charge is -2.18. The van der Waals surface area contributed by atoms with E-state index in [2.05, 4.69) is 17.4 Å². The number of rotatable bonds is 6. The average Bonchev–Trinajstić information content (AvgIpc) is 2.67. The fourth-order valence-electron chi connectivity index (χ4n) is 3.17. The topological polar surface area (TPSA) is 47.6 Å². The van der Waals surface area contributed by atoms with Crippen molar-refractivity contribution in [1.29, 1.82) is 0 Å². The summed E-state index contributed by atoms with van der Waals surface area (Å²) in [6, 6.07) is 19.5. The van der Waals surface area contributed by atoms with Gasteiger partial charge in [0.1, 0.15) is 11.5 Å². The number of carbonyl (C=O) groups excluding carboxylic acids is 1. The molecule has 1 amide bonds. The third-order valence-corrected chi connectivity index (χ3v) is 4.51. The van der Waals surface area contributed by atoms with E-state index in [-0.39, 0.29) is 11.9 Å². The number of methoxy groups -OCH3 is 2. The average molecular weight is 349 g/mol. The van der Waals surface area contributed by atoms with Crippen molar-refractivity contribution in [3.05, 3.63) is 71.8 Å². The van der Waals surface area contributed by atoms with Crippen LogP contribution in [-0.4, -0.2) is 20.1 Å². The molecule has 1 atom stereocenters. The van der Waals surface area contributed by atoms with E-state index in [9.17, 15) is 4.79 Å². The monoisotopic (exact) mass is 349 g/mol. The molecule has 1 N–H and O–H groups in total. The minimum absolute atomic E-state index is 0.0290. The summed E-state index contributed by atoms with van der Waals surface area (Å²) in [4.78, 5) is 12.6. The number of fused-ring (bicyclic) bond motifs is 1. The second kappa shape index (κ2) is 7.91. The van der Waals surface area contributed by atoms with Crippen LogP contribution in [0.3, 0.4) is 0 Å². The largest absolute Gasteiger partial charge is 0.497 e. The predicted octanol–water partition coefficient (Wildman–Crippen LogP) is 4.28. The van der Waals surface area contributed by atoms with Gasteiger partial charge in [0.15, 0.2) is 0 Å². The van der Waals surface area contributed by atoms with Crippen LogP contribution in [-0.2, 0) is 11.2 Å². The summed E-state index contributed by atoms with van der Waals surface area (Å²) < 4.78 is 10.7. The summed E-state index contributed by atoms with van der Waals surface area (Å²) in [5.74, 6) is 1.43. The Labute approximate surface area is 153 Å². The molecule has 0 aliphatic rings. The smallest absolute Gasteiger partial charge is 0.224 e. The van der Waals surface area contributed by atoms with Crippen molar-refractivity contribution in [3.63, 3.8) is 0 Å². The predicted molar refractivity (Wildman–Crippen MR) is 104 cm³/mol. The van der Waals surface area contributed by atoms with Crippen molar-refractivity contribution in [3.8, 4) is 11.5 Å². The third kappa shape index (κ3) is 3.80. The number of benzene rings is 3. The highest BCUT2D eigenvalue weighted by atomic mass is 16.5. The first-order valence-electron chi connectivity index (χ1n) is 8.60. The minimum atomic E-state index is -0.192. The summed E-state index contributed by atoms with van der Waals surface area (Å²) >= 11 is 0. The molecule has 3 aromatic rings. The first-order valence-corrected chi connectivity index (χ1v) is 8.60. The Hall–Kier alpha value is -3.01. The molecule has 0 radical (unpaired) electrons. The Morgan fingerprint density at radius 3 is 2.54 bits per heavy atom. The molecule has 4 heteroatoms. The van der Waals surface area contributed by atoms with Crippen molar-refractivity contribution >= 4 is 16.7 Å². The van der Waals surface area contributed by atoms with Gasteiger partial charge in [-0.15, -0.1) is 0 Å². The van der Waals surface area contributed by atoms with Crippen molar-refractivity contribution < 1.29 is 14.3 Å². The Kier molecular flexibility index (Phi) is 5.42. The van der Waals surface area contributed by atoms with Gasteiger partial charge < -0.3 is 14.8 Å². The van der Waals surface area contributed by atoms with Gasteiger partial charge in [0.05, 0.1) is 26.7 Å². The number of amides is 1. The SMILES string of the molecule is COc1ccc(OC)c([C@H](C)NC(=O)Cc2cccc3ccccc23)c1. The molecule has 0 fully saturated rings. The maximum Gasteiger partial charge on any atom is 0.224 e. The van der Waals surface area contributed by atoms with E-state index in [4.69, 9.17) is 9.47 Å². The lowest BCUT2D eigenvalue weighted by molar-refractivity contribution is -0.121. The van der Waals surface area contributed by atoms with Crippen LogP contribution in [0.1, 0.15) is 24.1 Å². The Balaban J connectivity index is 1.77. The van der Waals surface area contributed by atoms with Gasteiger partial charge in [-0.25, -0.2) is 0 Å². The molecule has 0 aromatic heterocycles. The first-order chi connectivity index (χ1) is 12.6. The van der Waals surface area contributed by atoms with Gasteiger partial charge >= 0.3 is 0 Å². The zero-order valence-corrected chi connectivity index (χ0v) is 15.3. The molecule has 3 rings (SSSR count). The molecule has 0 spiro atoms. The normalized spacial score (nSPS) is 11.8. The van der Waals surface area contributed by atoms with E-state index < -0.39 is 0 Å². The molecule has 0 aliphatic heterocycles. The molecule has 3 aromatic carbocycles. The lowest BCUT2D eigenvalue weighted by Crippen LogP contribution is -2.28. The molecule has 0 saturated carbocycles. The Bertz CT molecular complexity index is 915. The van der Waals surface area contributed by atoms with E-state index in [0.717, 1.165) is 33.4 Å². The molecule has 26 heavy (non-hydrogen) atoms. The van der Waals surface area contributed by atoms with Crippen molar-refractivity contribution in [2.24, 2.45) is 0 Å². The van der Waals surface area contributed by atoms with Crippen LogP contribution in [0, 0.1) is 0 Å². The number of hydrogen-bond donors (Lipinski definition) is 1. The second-order valence-electron chi connectivity index (χ2n) is 6.21. The number of ether oxygens (including phenoxy) is 2. The number of nitrogens with one attached hydrogen (secondary N) is 1. The number of hydrogen-bond acceptors (Lipinski definition) is 3. The van der Waals surface area contributed by atoms with E-state index in [1.54, 1.807) is 14.2 Å². The van der Waals surface area contributed by atoms with Crippen LogP contribution in [0.15, 0.2) is 60.7 Å². The van der Waals surface area contributed by atoms with Crippen LogP contribution in [0.4, 0.5) is 0 Å². The van der Waals surface area contributed by atoms with Gasteiger partial charge in [-0.1, -0.05) is 42.5 Å². The summed E-state index contributed by atoms with van der Waals surface area (Å²) in [5.41, 5.74) is 1.91. The summed E-state index contributed by atoms with van der Waals surface area (Å²) in [6.45, 7) is 1.94. The van der Waals surface area contributed by atoms with Gasteiger partial charge in [0.25, 0.3) is 0 Å². The van der Waals surface area contributed by atoms with E-state index in [0.29, 0.717) is 6.42 Å². The fraction of sp³-hybridized carbons (Fsp3) is 0.227. The highest BCUT2D eigenvalue weighted by molar-refractivity contribution is 5.90. The van der Waals surface area contributed by atoms with E-state index in [1.165, 1.54) is 0 Å². The highest BCUT2D eigenvalue weighted by Gasteiger charge is 2.16. The van der Waals surface area contributed by atoms with Gasteiger partial charge in [-0.3, -0.25) is 4.79 Å². The fourth-order valence-corrected chi connectivity index (χ4v) is 3.17. The molecular formula is C22H23NO3. The van der Waals surface area contributed by atoms with Crippen molar-refractivity contribution in [2.45, 2.75) is 19.4 Å². The zero-order valence-electron chi connectivity index (χ0n) is 15.3. The van der Waals surface area contributed by atoms with Crippen molar-refractivity contribution in [2.75, 3.05) is 14.2 Å². The molecule has 0 aliphatic carbocycles. The molecule has 0 unspecified atom stereocenters. The Morgan fingerprint density at radius 2 is 1.77 bits per heavy atom. The maximum atomic E-state index is 12.6.